The molecule has 5 nitrogen and oxygen atoms in total. The summed E-state index contributed by atoms with van der Waals surface area (Å²) in [7, 11) is 1.35. The Hall–Kier alpha value is -2.30. The Bertz CT molecular complexity index is 628. The number of rotatable bonds is 3. The van der Waals surface area contributed by atoms with Gasteiger partial charge in [0.1, 0.15) is 5.60 Å². The second-order valence-electron chi connectivity index (χ2n) is 6.55. The van der Waals surface area contributed by atoms with Crippen LogP contribution in [0.1, 0.15) is 32.8 Å². The van der Waals surface area contributed by atoms with Crippen molar-refractivity contribution in [2.24, 2.45) is 5.92 Å². The number of anilines is 1. The van der Waals surface area contributed by atoms with E-state index in [2.05, 4.69) is 5.32 Å². The quantitative estimate of drug-likeness (QED) is 0.868. The fourth-order valence-corrected chi connectivity index (χ4v) is 2.52. The summed E-state index contributed by atoms with van der Waals surface area (Å²) in [4.78, 5) is 24.3. The zero-order chi connectivity index (χ0) is 17.0. The van der Waals surface area contributed by atoms with Crippen molar-refractivity contribution >= 4 is 23.7 Å². The van der Waals surface area contributed by atoms with Gasteiger partial charge in [-0.2, -0.15) is 0 Å². The summed E-state index contributed by atoms with van der Waals surface area (Å²) in [5.41, 5.74) is 1.77. The van der Waals surface area contributed by atoms with E-state index >= 15 is 0 Å². The number of benzene rings is 1. The van der Waals surface area contributed by atoms with Crippen LogP contribution in [0.4, 0.5) is 5.69 Å². The summed E-state index contributed by atoms with van der Waals surface area (Å²) >= 11 is 0. The summed E-state index contributed by atoms with van der Waals surface area (Å²) in [5, 5.41) is 3.28. The summed E-state index contributed by atoms with van der Waals surface area (Å²) in [6.45, 7) is 5.94. The van der Waals surface area contributed by atoms with E-state index < -0.39 is 11.6 Å². The Balaban J connectivity index is 2.25. The van der Waals surface area contributed by atoms with Crippen molar-refractivity contribution in [3.63, 3.8) is 0 Å². The summed E-state index contributed by atoms with van der Waals surface area (Å²) in [6.07, 6.45) is 1.91. The van der Waals surface area contributed by atoms with Crippen LogP contribution in [-0.4, -0.2) is 31.2 Å². The molecular formula is C18H23NO4. The first kappa shape index (κ1) is 17.1. The Morgan fingerprint density at radius 1 is 1.26 bits per heavy atom. The van der Waals surface area contributed by atoms with Crippen molar-refractivity contribution in [3.8, 4) is 0 Å². The SMILES string of the molecule is COC(=O)C1=Cc2ccccc2NC[C@H]1CC(=O)OC(C)(C)C. The lowest BCUT2D eigenvalue weighted by atomic mass is 9.94. The van der Waals surface area contributed by atoms with E-state index in [-0.39, 0.29) is 18.3 Å². The van der Waals surface area contributed by atoms with Crippen LogP contribution in [0.3, 0.4) is 0 Å². The Kier molecular flexibility index (Phi) is 5.08. The Morgan fingerprint density at radius 3 is 2.61 bits per heavy atom. The lowest BCUT2D eigenvalue weighted by Gasteiger charge is -2.22. The zero-order valence-electron chi connectivity index (χ0n) is 14.0. The summed E-state index contributed by atoms with van der Waals surface area (Å²) < 4.78 is 10.3. The number of nitrogens with one attached hydrogen (secondary N) is 1. The van der Waals surface area contributed by atoms with Gasteiger partial charge in [-0.25, -0.2) is 4.79 Å². The van der Waals surface area contributed by atoms with Crippen molar-refractivity contribution in [2.45, 2.75) is 32.8 Å². The molecule has 5 heteroatoms. The standard InChI is InChI=1S/C18H23NO4/c1-18(2,3)23-16(20)10-13-11-19-15-8-6-5-7-12(15)9-14(13)17(21)22-4/h5-9,13,19H,10-11H2,1-4H3/t13-/m1/s1. The van der Waals surface area contributed by atoms with Gasteiger partial charge in [0, 0.05) is 23.7 Å². The minimum Gasteiger partial charge on any atom is -0.466 e. The van der Waals surface area contributed by atoms with E-state index in [1.807, 2.05) is 45.0 Å². The molecule has 1 aromatic carbocycles. The molecule has 0 amide bonds. The van der Waals surface area contributed by atoms with Crippen molar-refractivity contribution in [1.29, 1.82) is 0 Å². The third kappa shape index (κ3) is 4.58. The highest BCUT2D eigenvalue weighted by Gasteiger charge is 2.29. The van der Waals surface area contributed by atoms with Gasteiger partial charge in [-0.1, -0.05) is 18.2 Å². The number of fused-ring (bicyclic) bond motifs is 1. The molecule has 0 aliphatic carbocycles. The average molecular weight is 317 g/mol. The molecule has 1 heterocycles. The van der Waals surface area contributed by atoms with Gasteiger partial charge in [-0.15, -0.1) is 0 Å². The molecule has 1 aromatic rings. The topological polar surface area (TPSA) is 64.6 Å². The van der Waals surface area contributed by atoms with Gasteiger partial charge in [-0.3, -0.25) is 4.79 Å². The van der Waals surface area contributed by atoms with E-state index in [0.29, 0.717) is 12.1 Å². The summed E-state index contributed by atoms with van der Waals surface area (Å²) in [6, 6.07) is 7.68. The molecule has 124 valence electrons. The number of carbonyl (C=O) groups excluding carboxylic acids is 2. The maximum atomic E-state index is 12.1. The Morgan fingerprint density at radius 2 is 1.96 bits per heavy atom. The lowest BCUT2D eigenvalue weighted by molar-refractivity contribution is -0.155. The normalized spacial score (nSPS) is 17.2. The smallest absolute Gasteiger partial charge is 0.334 e. The Labute approximate surface area is 136 Å². The fourth-order valence-electron chi connectivity index (χ4n) is 2.52. The van der Waals surface area contributed by atoms with E-state index in [1.165, 1.54) is 7.11 Å². The number of esters is 2. The molecule has 0 unspecified atom stereocenters. The van der Waals surface area contributed by atoms with Crippen molar-refractivity contribution in [3.05, 3.63) is 35.4 Å². The monoisotopic (exact) mass is 317 g/mol. The van der Waals surface area contributed by atoms with Crippen molar-refractivity contribution in [2.75, 3.05) is 19.0 Å². The zero-order valence-corrected chi connectivity index (χ0v) is 14.0. The molecule has 0 fully saturated rings. The van der Waals surface area contributed by atoms with E-state index in [0.717, 1.165) is 11.3 Å². The predicted octanol–water partition coefficient (Wildman–Crippen LogP) is 3.02. The molecule has 2 rings (SSSR count). The van der Waals surface area contributed by atoms with Crippen molar-refractivity contribution in [1.82, 2.24) is 0 Å². The molecule has 0 saturated heterocycles. The summed E-state index contributed by atoms with van der Waals surface area (Å²) in [5.74, 6) is -1.05. The second kappa shape index (κ2) is 6.86. The van der Waals surface area contributed by atoms with Crippen LogP contribution in [0.15, 0.2) is 29.8 Å². The first-order valence-corrected chi connectivity index (χ1v) is 7.65. The minimum absolute atomic E-state index is 0.124. The molecular weight excluding hydrogens is 294 g/mol. The molecule has 0 spiro atoms. The highest BCUT2D eigenvalue weighted by Crippen LogP contribution is 2.29. The van der Waals surface area contributed by atoms with Crippen LogP contribution in [-0.2, 0) is 19.1 Å². The first-order valence-electron chi connectivity index (χ1n) is 7.65. The van der Waals surface area contributed by atoms with E-state index in [4.69, 9.17) is 9.47 Å². The molecule has 0 bridgehead atoms. The average Bonchev–Trinajstić information content (AvgIpc) is 2.64. The van der Waals surface area contributed by atoms with Gasteiger partial charge in [0.15, 0.2) is 0 Å². The van der Waals surface area contributed by atoms with Crippen LogP contribution in [0.5, 0.6) is 0 Å². The molecule has 23 heavy (non-hydrogen) atoms. The number of ether oxygens (including phenoxy) is 2. The predicted molar refractivity (Wildman–Crippen MR) is 88.9 cm³/mol. The number of para-hydroxylation sites is 1. The van der Waals surface area contributed by atoms with Crippen LogP contribution < -0.4 is 5.32 Å². The maximum Gasteiger partial charge on any atom is 0.334 e. The van der Waals surface area contributed by atoms with Gasteiger partial charge in [-0.05, 0) is 38.5 Å². The number of methoxy groups -OCH3 is 1. The van der Waals surface area contributed by atoms with E-state index in [9.17, 15) is 9.59 Å². The number of hydrogen-bond acceptors (Lipinski definition) is 5. The van der Waals surface area contributed by atoms with Gasteiger partial charge >= 0.3 is 11.9 Å². The number of carbonyl (C=O) groups is 2. The molecule has 0 aromatic heterocycles. The molecule has 1 aliphatic rings. The van der Waals surface area contributed by atoms with Crippen LogP contribution >= 0.6 is 0 Å². The molecule has 1 N–H and O–H groups in total. The van der Waals surface area contributed by atoms with Gasteiger partial charge in [0.05, 0.1) is 13.5 Å². The van der Waals surface area contributed by atoms with Crippen LogP contribution in [0.2, 0.25) is 0 Å². The molecule has 0 saturated carbocycles. The highest BCUT2D eigenvalue weighted by molar-refractivity contribution is 5.96. The van der Waals surface area contributed by atoms with Crippen molar-refractivity contribution < 1.29 is 19.1 Å². The fraction of sp³-hybridized carbons (Fsp3) is 0.444. The number of hydrogen-bond donors (Lipinski definition) is 1. The third-order valence-corrected chi connectivity index (χ3v) is 3.50. The highest BCUT2D eigenvalue weighted by atomic mass is 16.6. The third-order valence-electron chi connectivity index (χ3n) is 3.50. The maximum absolute atomic E-state index is 12.1. The van der Waals surface area contributed by atoms with Gasteiger partial charge in [0.25, 0.3) is 0 Å². The van der Waals surface area contributed by atoms with Gasteiger partial charge < -0.3 is 14.8 Å². The van der Waals surface area contributed by atoms with Crippen LogP contribution in [0.25, 0.3) is 6.08 Å². The van der Waals surface area contributed by atoms with Crippen LogP contribution in [0, 0.1) is 5.92 Å². The molecule has 1 aliphatic heterocycles. The second-order valence-corrected chi connectivity index (χ2v) is 6.55. The molecule has 1 atom stereocenters. The lowest BCUT2D eigenvalue weighted by Crippen LogP contribution is -2.29. The molecule has 0 radical (unpaired) electrons. The largest absolute Gasteiger partial charge is 0.466 e. The first-order chi connectivity index (χ1) is 10.8. The minimum atomic E-state index is -0.548. The van der Waals surface area contributed by atoms with Gasteiger partial charge in [0.2, 0.25) is 0 Å². The van der Waals surface area contributed by atoms with E-state index in [1.54, 1.807) is 6.08 Å².